The molecule has 6 aliphatic carbocycles. The van der Waals surface area contributed by atoms with Crippen LogP contribution in [0.25, 0.3) is 0 Å². The van der Waals surface area contributed by atoms with E-state index in [0.717, 1.165) is 37.7 Å². The first kappa shape index (κ1) is 52.4. The molecule has 15 atom stereocenters. The van der Waals surface area contributed by atoms with Crippen molar-refractivity contribution >= 4 is 23.9 Å². The molecule has 6 saturated carbocycles. The van der Waals surface area contributed by atoms with E-state index in [2.05, 4.69) is 20.8 Å². The number of hydrogen-bond donors (Lipinski definition) is 2. The lowest BCUT2D eigenvalue weighted by atomic mass is 9.39. The first-order chi connectivity index (χ1) is 35.9. The van der Waals surface area contributed by atoms with Gasteiger partial charge in [0.15, 0.2) is 0 Å². The maximum absolute atomic E-state index is 15.1. The molecular formula is C63H82NO11+. The number of quaternary nitrogens is 1. The molecule has 2 heterocycles. The Balaban J connectivity index is 0.692. The van der Waals surface area contributed by atoms with Gasteiger partial charge in [0, 0.05) is 46.0 Å². The summed E-state index contributed by atoms with van der Waals surface area (Å²) in [4.78, 5) is 55.2. The van der Waals surface area contributed by atoms with E-state index >= 15 is 4.79 Å². The van der Waals surface area contributed by atoms with Gasteiger partial charge in [-0.05, 0) is 121 Å². The number of nitrogens with zero attached hydrogens (tertiary/aromatic N) is 1. The Kier molecular flexibility index (Phi) is 14.0. The Morgan fingerprint density at radius 1 is 0.707 bits per heavy atom. The summed E-state index contributed by atoms with van der Waals surface area (Å²) >= 11 is 0. The minimum absolute atomic E-state index is 0.0417. The molecule has 0 amide bonds. The highest BCUT2D eigenvalue weighted by Gasteiger charge is 2.86. The van der Waals surface area contributed by atoms with Crippen molar-refractivity contribution in [3.05, 3.63) is 108 Å². The number of rotatable bonds is 17. The van der Waals surface area contributed by atoms with Crippen molar-refractivity contribution in [1.29, 1.82) is 0 Å². The van der Waals surface area contributed by atoms with Crippen molar-refractivity contribution < 1.29 is 57.6 Å². The van der Waals surface area contributed by atoms with Crippen LogP contribution in [0.3, 0.4) is 0 Å². The van der Waals surface area contributed by atoms with Gasteiger partial charge in [-0.3, -0.25) is 14.4 Å². The van der Waals surface area contributed by atoms with Crippen LogP contribution in [0.1, 0.15) is 154 Å². The Morgan fingerprint density at radius 3 is 2.00 bits per heavy atom. The zero-order valence-electron chi connectivity index (χ0n) is 45.0. The summed E-state index contributed by atoms with van der Waals surface area (Å²) in [5.74, 6) is -2.56. The van der Waals surface area contributed by atoms with Gasteiger partial charge in [-0.15, -0.1) is 0 Å². The molecule has 8 aliphatic rings. The fraction of sp³-hybridized carbons (Fsp3) is 0.651. The summed E-state index contributed by atoms with van der Waals surface area (Å²) in [7, 11) is 0. The second-order valence-electron chi connectivity index (χ2n) is 25.6. The maximum Gasteiger partial charge on any atom is 0.348 e. The second-order valence-corrected chi connectivity index (χ2v) is 25.6. The highest BCUT2D eigenvalue weighted by Crippen LogP contribution is 2.74. The van der Waals surface area contributed by atoms with Crippen LogP contribution in [-0.2, 0) is 55.1 Å². The van der Waals surface area contributed by atoms with Gasteiger partial charge < -0.3 is 38.4 Å². The van der Waals surface area contributed by atoms with Gasteiger partial charge in [-0.2, -0.15) is 0 Å². The molecule has 75 heavy (non-hydrogen) atoms. The van der Waals surface area contributed by atoms with Crippen molar-refractivity contribution in [2.24, 2.45) is 51.8 Å². The third-order valence-electron chi connectivity index (χ3n) is 21.8. The zero-order valence-corrected chi connectivity index (χ0v) is 45.0. The number of hydrogen-bond acceptors (Lipinski definition) is 11. The fourth-order valence-corrected chi connectivity index (χ4v) is 18.2. The number of aliphatic hydroxyl groups excluding tert-OH is 2. The lowest BCUT2D eigenvalue weighted by molar-refractivity contribution is -1.05. The molecule has 404 valence electrons. The molecule has 12 nitrogen and oxygen atoms in total. The van der Waals surface area contributed by atoms with Crippen molar-refractivity contribution in [2.45, 2.75) is 192 Å². The first-order valence-corrected chi connectivity index (χ1v) is 28.8. The quantitative estimate of drug-likeness (QED) is 0.0575. The average molecular weight is 1030 g/mol. The molecule has 0 aromatic heterocycles. The van der Waals surface area contributed by atoms with E-state index in [9.17, 15) is 24.6 Å². The largest absolute Gasteiger partial charge is 0.462 e. The average Bonchev–Trinajstić information content (AvgIpc) is 4.04. The molecule has 8 fully saturated rings. The lowest BCUT2D eigenvalue weighted by Gasteiger charge is -2.80. The summed E-state index contributed by atoms with van der Waals surface area (Å²) in [5, 5.41) is 24.3. The standard InChI is InChI=1S/C63H82NO11/c1-40(23-26-54(67)71-39-41-17-9-6-10-18-41)46-24-25-47-57-48(37-52(66)61(46,47)5)60(4)31-29-45(35-44(60)36-49(57)65)72-55(68)27-28-56(69)74-59(2,3)75-63(42-19-11-7-12-20-42,43-21-13-8-14-22-43)58(70)73-53-38-51-62(53)32-30-50(62)64(51)33-15-16-34-64/h6-14,17-22,40,44-53,57,65-66H,15-16,23-39H2,1-5H3/q+1/t40-,44?,45-,46?,47?,48?,49-,50?,51?,52+,53?,57?,60+,61-,62?/m1/s1. The van der Waals surface area contributed by atoms with Crippen LogP contribution in [0.5, 0.6) is 0 Å². The predicted octanol–water partition coefficient (Wildman–Crippen LogP) is 10.1. The Hall–Kier alpha value is -4.62. The molecule has 0 bridgehead atoms. The van der Waals surface area contributed by atoms with Gasteiger partial charge in [0.25, 0.3) is 0 Å². The second kappa shape index (κ2) is 20.0. The van der Waals surface area contributed by atoms with Crippen molar-refractivity contribution in [3.63, 3.8) is 0 Å². The van der Waals surface area contributed by atoms with E-state index < -0.39 is 41.5 Å². The highest BCUT2D eigenvalue weighted by atomic mass is 16.7. The van der Waals surface area contributed by atoms with Gasteiger partial charge in [-0.25, -0.2) is 4.79 Å². The van der Waals surface area contributed by atoms with Gasteiger partial charge in [-0.1, -0.05) is 112 Å². The molecule has 9 unspecified atom stereocenters. The molecule has 2 saturated heterocycles. The number of benzene rings is 3. The third-order valence-corrected chi connectivity index (χ3v) is 21.8. The van der Waals surface area contributed by atoms with Crippen molar-refractivity contribution in [1.82, 2.24) is 0 Å². The minimum Gasteiger partial charge on any atom is -0.462 e. The monoisotopic (exact) mass is 1030 g/mol. The first-order valence-electron chi connectivity index (χ1n) is 28.8. The van der Waals surface area contributed by atoms with Crippen molar-refractivity contribution in [3.8, 4) is 0 Å². The highest BCUT2D eigenvalue weighted by molar-refractivity contribution is 5.86. The molecule has 2 aliphatic heterocycles. The molecule has 3 aromatic carbocycles. The van der Waals surface area contributed by atoms with Crippen LogP contribution in [0, 0.1) is 51.8 Å². The summed E-state index contributed by atoms with van der Waals surface area (Å²) in [6.07, 6.45) is 9.90. The third kappa shape index (κ3) is 8.78. The molecule has 2 spiro atoms. The van der Waals surface area contributed by atoms with Crippen LogP contribution in [0.15, 0.2) is 91.0 Å². The molecule has 12 heteroatoms. The Labute approximate surface area is 444 Å². The number of carbonyl (C=O) groups excluding carboxylic acids is 4. The summed E-state index contributed by atoms with van der Waals surface area (Å²) < 4.78 is 32.5. The SMILES string of the molecule is C[C@H](CCC(=O)OCc1ccccc1)C1CCC2C3C(C[C@H](O)[C@@]21C)[C@@]1(C)CC[C@@H](OC(=O)CCC(=O)OC(C)(C)OC(C(=O)OC2CC4C25CCC5[N+]42CCCC2)(c2ccccc2)c2ccccc2)CC1C[C@H]3O. The van der Waals surface area contributed by atoms with Crippen LogP contribution in [0.2, 0.25) is 0 Å². The van der Waals surface area contributed by atoms with E-state index in [1.807, 2.05) is 91.0 Å². The number of ether oxygens (including phenoxy) is 5. The van der Waals surface area contributed by atoms with E-state index in [1.165, 1.54) is 36.8 Å². The predicted molar refractivity (Wildman–Crippen MR) is 280 cm³/mol. The summed E-state index contributed by atoms with van der Waals surface area (Å²) in [6.45, 7) is 12.8. The normalized spacial score (nSPS) is 36.3. The van der Waals surface area contributed by atoms with Gasteiger partial charge >= 0.3 is 23.9 Å². The smallest absolute Gasteiger partial charge is 0.348 e. The molecule has 11 rings (SSSR count). The summed E-state index contributed by atoms with van der Waals surface area (Å²) in [6, 6.07) is 29.5. The fourth-order valence-electron chi connectivity index (χ4n) is 18.2. The van der Waals surface area contributed by atoms with Gasteiger partial charge in [0.1, 0.15) is 36.3 Å². The van der Waals surface area contributed by atoms with E-state index in [-0.39, 0.29) is 89.4 Å². The minimum atomic E-state index is -1.76. The number of aliphatic hydroxyl groups is 2. The zero-order chi connectivity index (χ0) is 52.5. The number of piperidine rings is 2. The number of fused-ring (bicyclic) bond motifs is 7. The van der Waals surface area contributed by atoms with Gasteiger partial charge in [0.05, 0.1) is 38.1 Å². The molecular weight excluding hydrogens is 947 g/mol. The Morgan fingerprint density at radius 2 is 1.36 bits per heavy atom. The summed E-state index contributed by atoms with van der Waals surface area (Å²) in [5.41, 5.74) is -0.112. The van der Waals surface area contributed by atoms with Gasteiger partial charge in [0.2, 0.25) is 11.4 Å². The topological polar surface area (TPSA) is 155 Å². The molecule has 3 aromatic rings. The van der Waals surface area contributed by atoms with Crippen LogP contribution < -0.4 is 0 Å². The maximum atomic E-state index is 15.1. The van der Waals surface area contributed by atoms with E-state index in [1.54, 1.807) is 13.8 Å². The van der Waals surface area contributed by atoms with Crippen LogP contribution in [-0.4, -0.2) is 93.9 Å². The Bertz CT molecular complexity index is 2520. The van der Waals surface area contributed by atoms with Crippen LogP contribution in [0.4, 0.5) is 0 Å². The van der Waals surface area contributed by atoms with E-state index in [4.69, 9.17) is 23.7 Å². The molecule has 0 radical (unpaired) electrons. The molecule has 2 N–H and O–H groups in total. The lowest BCUT2D eigenvalue weighted by Crippen LogP contribution is -2.94. The van der Waals surface area contributed by atoms with Crippen molar-refractivity contribution in [2.75, 3.05) is 13.1 Å². The van der Waals surface area contributed by atoms with Crippen LogP contribution >= 0.6 is 0 Å². The number of esters is 4. The number of carbonyl (C=O) groups is 4. The van der Waals surface area contributed by atoms with E-state index in [0.29, 0.717) is 61.7 Å².